The monoisotopic (exact) mass is 280 g/mol. The Hall–Kier alpha value is -1.40. The lowest BCUT2D eigenvalue weighted by Gasteiger charge is -2.18. The minimum absolute atomic E-state index is 0.0355. The second kappa shape index (κ2) is 6.85. The van der Waals surface area contributed by atoms with Crippen LogP contribution >= 0.6 is 0 Å². The van der Waals surface area contributed by atoms with E-state index in [2.05, 4.69) is 22.2 Å². The third-order valence-corrected chi connectivity index (χ3v) is 3.97. The quantitative estimate of drug-likeness (QED) is 0.820. The van der Waals surface area contributed by atoms with Crippen LogP contribution in [0.3, 0.4) is 0 Å². The topological polar surface area (TPSA) is 59.4 Å². The number of rotatable bonds is 6. The van der Waals surface area contributed by atoms with Crippen LogP contribution in [0.2, 0.25) is 0 Å². The maximum Gasteiger partial charge on any atom is 0.268 e. The first kappa shape index (κ1) is 15.0. The lowest BCUT2D eigenvalue weighted by molar-refractivity contribution is 0.121. The van der Waals surface area contributed by atoms with Gasteiger partial charge in [0.2, 0.25) is 0 Å². The van der Waals surface area contributed by atoms with Crippen molar-refractivity contribution in [3.8, 4) is 0 Å². The summed E-state index contributed by atoms with van der Waals surface area (Å²) in [6.07, 6.45) is 3.93. The zero-order valence-corrected chi connectivity index (χ0v) is 12.5. The van der Waals surface area contributed by atoms with Crippen LogP contribution in [0.5, 0.6) is 0 Å². The van der Waals surface area contributed by atoms with Crippen molar-refractivity contribution in [3.63, 3.8) is 0 Å². The standard InChI is InChI=1S/C14H24N4O2/c1-11(15-2)4-7-18-14(19)8-12(9-16-18)17-6-5-13(10-17)20-3/h8-9,11,13,15H,4-7,10H2,1-3H3. The molecule has 1 aromatic rings. The van der Waals surface area contributed by atoms with Gasteiger partial charge in [0.05, 0.1) is 18.0 Å². The molecule has 6 heteroatoms. The molecule has 6 nitrogen and oxygen atoms in total. The third-order valence-electron chi connectivity index (χ3n) is 3.97. The van der Waals surface area contributed by atoms with Gasteiger partial charge in [-0.3, -0.25) is 4.79 Å². The number of aryl methyl sites for hydroxylation is 1. The molecule has 0 bridgehead atoms. The smallest absolute Gasteiger partial charge is 0.268 e. The molecule has 1 aliphatic heterocycles. The van der Waals surface area contributed by atoms with Crippen molar-refractivity contribution >= 4 is 5.69 Å². The average Bonchev–Trinajstić information content (AvgIpc) is 2.94. The van der Waals surface area contributed by atoms with Crippen LogP contribution in [0, 0.1) is 0 Å². The molecule has 1 saturated heterocycles. The van der Waals surface area contributed by atoms with E-state index in [-0.39, 0.29) is 11.7 Å². The third kappa shape index (κ3) is 3.58. The van der Waals surface area contributed by atoms with Crippen molar-refractivity contribution in [1.82, 2.24) is 15.1 Å². The maximum atomic E-state index is 12.1. The van der Waals surface area contributed by atoms with Gasteiger partial charge in [0.15, 0.2) is 0 Å². The van der Waals surface area contributed by atoms with Crippen LogP contribution < -0.4 is 15.8 Å². The number of aromatic nitrogens is 2. The average molecular weight is 280 g/mol. The first-order chi connectivity index (χ1) is 9.63. The zero-order chi connectivity index (χ0) is 14.5. The molecule has 1 aliphatic rings. The molecular weight excluding hydrogens is 256 g/mol. The van der Waals surface area contributed by atoms with Crippen molar-refractivity contribution < 1.29 is 4.74 Å². The molecule has 20 heavy (non-hydrogen) atoms. The Morgan fingerprint density at radius 1 is 1.60 bits per heavy atom. The van der Waals surface area contributed by atoms with Gasteiger partial charge in [-0.2, -0.15) is 5.10 Å². The number of anilines is 1. The lowest BCUT2D eigenvalue weighted by atomic mass is 10.2. The fourth-order valence-corrected chi connectivity index (χ4v) is 2.38. The van der Waals surface area contributed by atoms with E-state index < -0.39 is 0 Å². The molecule has 0 aromatic carbocycles. The summed E-state index contributed by atoms with van der Waals surface area (Å²) in [6, 6.07) is 2.05. The Kier molecular flexibility index (Phi) is 5.14. The van der Waals surface area contributed by atoms with Crippen molar-refractivity contribution in [2.24, 2.45) is 0 Å². The van der Waals surface area contributed by atoms with E-state index in [1.54, 1.807) is 19.4 Å². The Morgan fingerprint density at radius 2 is 2.40 bits per heavy atom. The van der Waals surface area contributed by atoms with Crippen LogP contribution in [0.1, 0.15) is 19.8 Å². The number of ether oxygens (including phenoxy) is 1. The summed E-state index contributed by atoms with van der Waals surface area (Å²) in [5, 5.41) is 7.43. The van der Waals surface area contributed by atoms with Crippen molar-refractivity contribution in [2.75, 3.05) is 32.1 Å². The summed E-state index contributed by atoms with van der Waals surface area (Å²) < 4.78 is 6.87. The van der Waals surface area contributed by atoms with E-state index in [9.17, 15) is 4.79 Å². The van der Waals surface area contributed by atoms with Crippen molar-refractivity contribution in [1.29, 1.82) is 0 Å². The molecule has 2 heterocycles. The van der Waals surface area contributed by atoms with Crippen molar-refractivity contribution in [2.45, 2.75) is 38.5 Å². The maximum absolute atomic E-state index is 12.1. The largest absolute Gasteiger partial charge is 0.380 e. The SMILES string of the molecule is CNC(C)CCn1ncc(N2CCC(OC)C2)cc1=O. The number of methoxy groups -OCH3 is 1. The summed E-state index contributed by atoms with van der Waals surface area (Å²) >= 11 is 0. The number of nitrogens with one attached hydrogen (secondary N) is 1. The summed E-state index contributed by atoms with van der Waals surface area (Å²) in [5.41, 5.74) is 0.860. The second-order valence-electron chi connectivity index (χ2n) is 5.35. The zero-order valence-electron chi connectivity index (χ0n) is 12.5. The van der Waals surface area contributed by atoms with E-state index in [4.69, 9.17) is 4.74 Å². The minimum Gasteiger partial charge on any atom is -0.380 e. The minimum atomic E-state index is -0.0355. The highest BCUT2D eigenvalue weighted by Gasteiger charge is 2.22. The number of nitrogens with zero attached hydrogens (tertiary/aromatic N) is 3. The molecule has 2 rings (SSSR count). The molecule has 1 fully saturated rings. The fourth-order valence-electron chi connectivity index (χ4n) is 2.38. The van der Waals surface area contributed by atoms with Gasteiger partial charge >= 0.3 is 0 Å². The summed E-state index contributed by atoms with van der Waals surface area (Å²) in [6.45, 7) is 4.48. The van der Waals surface area contributed by atoms with Crippen LogP contribution in [-0.2, 0) is 11.3 Å². The van der Waals surface area contributed by atoms with E-state index in [0.717, 1.165) is 31.6 Å². The van der Waals surface area contributed by atoms with E-state index in [1.807, 2.05) is 7.05 Å². The molecule has 0 saturated carbocycles. The van der Waals surface area contributed by atoms with Gasteiger partial charge in [-0.25, -0.2) is 4.68 Å². The van der Waals surface area contributed by atoms with Crippen LogP contribution in [0.15, 0.2) is 17.1 Å². The predicted molar refractivity (Wildman–Crippen MR) is 79.3 cm³/mol. The normalized spacial score (nSPS) is 20.4. The molecule has 0 radical (unpaired) electrons. The second-order valence-corrected chi connectivity index (χ2v) is 5.35. The molecule has 2 atom stereocenters. The Labute approximate surface area is 119 Å². The molecule has 1 aromatic heterocycles. The highest BCUT2D eigenvalue weighted by atomic mass is 16.5. The van der Waals surface area contributed by atoms with Gasteiger partial charge in [-0.05, 0) is 26.8 Å². The molecule has 112 valence electrons. The van der Waals surface area contributed by atoms with E-state index in [0.29, 0.717) is 12.6 Å². The molecule has 0 spiro atoms. The fraction of sp³-hybridized carbons (Fsp3) is 0.714. The molecular formula is C14H24N4O2. The van der Waals surface area contributed by atoms with E-state index in [1.165, 1.54) is 4.68 Å². The van der Waals surface area contributed by atoms with Gasteiger partial charge in [0.1, 0.15) is 0 Å². The molecule has 0 amide bonds. The Morgan fingerprint density at radius 3 is 3.00 bits per heavy atom. The van der Waals surface area contributed by atoms with Crippen molar-refractivity contribution in [3.05, 3.63) is 22.6 Å². The molecule has 1 N–H and O–H groups in total. The van der Waals surface area contributed by atoms with Crippen LogP contribution in [-0.4, -0.2) is 49.2 Å². The molecule has 0 aliphatic carbocycles. The van der Waals surface area contributed by atoms with Gasteiger partial charge in [-0.1, -0.05) is 0 Å². The highest BCUT2D eigenvalue weighted by Crippen LogP contribution is 2.19. The Bertz CT molecular complexity index is 488. The van der Waals surface area contributed by atoms with Gasteiger partial charge in [0.25, 0.3) is 5.56 Å². The van der Waals surface area contributed by atoms with E-state index >= 15 is 0 Å². The summed E-state index contributed by atoms with van der Waals surface area (Å²) in [4.78, 5) is 14.2. The molecule has 2 unspecified atom stereocenters. The Balaban J connectivity index is 2.01. The number of hydrogen-bond acceptors (Lipinski definition) is 5. The first-order valence-electron chi connectivity index (χ1n) is 7.16. The number of hydrogen-bond donors (Lipinski definition) is 1. The van der Waals surface area contributed by atoms with Gasteiger partial charge in [0, 0.05) is 38.9 Å². The summed E-state index contributed by atoms with van der Waals surface area (Å²) in [5.74, 6) is 0. The van der Waals surface area contributed by atoms with Gasteiger partial charge in [-0.15, -0.1) is 0 Å². The van der Waals surface area contributed by atoms with Gasteiger partial charge < -0.3 is 15.0 Å². The van der Waals surface area contributed by atoms with Crippen LogP contribution in [0.25, 0.3) is 0 Å². The predicted octanol–water partition coefficient (Wildman–Crippen LogP) is 0.466. The lowest BCUT2D eigenvalue weighted by Crippen LogP contribution is -2.30. The van der Waals surface area contributed by atoms with Crippen LogP contribution in [0.4, 0.5) is 5.69 Å². The highest BCUT2D eigenvalue weighted by molar-refractivity contribution is 5.44. The summed E-state index contributed by atoms with van der Waals surface area (Å²) in [7, 11) is 3.65. The first-order valence-corrected chi connectivity index (χ1v) is 7.16.